The smallest absolute Gasteiger partial charge is 0.312 e. The van der Waals surface area contributed by atoms with Crippen molar-refractivity contribution in [1.82, 2.24) is 9.80 Å². The van der Waals surface area contributed by atoms with E-state index >= 15 is 0 Å². The maximum Gasteiger partial charge on any atom is 0.327 e. The third kappa shape index (κ3) is 2.53. The van der Waals surface area contributed by atoms with Crippen LogP contribution in [-0.4, -0.2) is 53.3 Å². The Morgan fingerprint density at radius 1 is 1.15 bits per heavy atom. The van der Waals surface area contributed by atoms with Crippen molar-refractivity contribution in [1.29, 1.82) is 0 Å². The molecule has 26 heavy (non-hydrogen) atoms. The topological polar surface area (TPSA) is 60.9 Å². The molecule has 6 nitrogen and oxygen atoms in total. The molecular formula is C20H21N3O3. The Labute approximate surface area is 152 Å². The summed E-state index contributed by atoms with van der Waals surface area (Å²) in [5, 5.41) is 2.02. The number of rotatable bonds is 4. The summed E-state index contributed by atoms with van der Waals surface area (Å²) < 4.78 is 0. The molecule has 0 spiro atoms. The number of carbonyl (C=O) groups excluding carboxylic acids is 3. The number of urea groups is 1. The number of anilines is 1. The number of carbonyl (C=O) groups is 3. The molecule has 0 bridgehead atoms. The second kappa shape index (κ2) is 6.44. The van der Waals surface area contributed by atoms with Gasteiger partial charge in [-0.1, -0.05) is 36.4 Å². The molecular weight excluding hydrogens is 330 g/mol. The van der Waals surface area contributed by atoms with Crippen molar-refractivity contribution in [3.63, 3.8) is 0 Å². The van der Waals surface area contributed by atoms with E-state index in [1.54, 1.807) is 9.80 Å². The van der Waals surface area contributed by atoms with Crippen LogP contribution in [0.2, 0.25) is 0 Å². The highest BCUT2D eigenvalue weighted by molar-refractivity contribution is 6.10. The van der Waals surface area contributed by atoms with E-state index < -0.39 is 0 Å². The fourth-order valence-electron chi connectivity index (χ4n) is 3.97. The summed E-state index contributed by atoms with van der Waals surface area (Å²) >= 11 is 0. The highest BCUT2D eigenvalue weighted by Crippen LogP contribution is 2.29. The molecule has 2 fully saturated rings. The van der Waals surface area contributed by atoms with Crippen molar-refractivity contribution in [3.05, 3.63) is 42.5 Å². The zero-order valence-corrected chi connectivity index (χ0v) is 14.7. The van der Waals surface area contributed by atoms with Crippen LogP contribution in [0.25, 0.3) is 10.8 Å². The summed E-state index contributed by atoms with van der Waals surface area (Å²) in [7, 11) is 0. The lowest BCUT2D eigenvalue weighted by Crippen LogP contribution is -2.44. The van der Waals surface area contributed by atoms with E-state index in [0.717, 1.165) is 27.8 Å². The molecule has 1 unspecified atom stereocenters. The van der Waals surface area contributed by atoms with Crippen molar-refractivity contribution >= 4 is 34.3 Å². The molecule has 0 radical (unpaired) electrons. The van der Waals surface area contributed by atoms with Crippen LogP contribution in [0.4, 0.5) is 10.5 Å². The average molecular weight is 351 g/mol. The van der Waals surface area contributed by atoms with Crippen LogP contribution in [0.3, 0.4) is 0 Å². The molecule has 2 aliphatic heterocycles. The van der Waals surface area contributed by atoms with Crippen LogP contribution < -0.4 is 4.90 Å². The molecule has 2 aliphatic rings. The summed E-state index contributed by atoms with van der Waals surface area (Å²) in [5.74, 6) is -0.485. The molecule has 1 atom stereocenters. The number of likely N-dealkylation sites (N-methyl/N-ethyl adjacent to an activating group) is 1. The van der Waals surface area contributed by atoms with Crippen LogP contribution in [-0.2, 0) is 9.59 Å². The van der Waals surface area contributed by atoms with Gasteiger partial charge in [-0.2, -0.15) is 0 Å². The first-order chi connectivity index (χ1) is 12.6. The van der Waals surface area contributed by atoms with Gasteiger partial charge in [0, 0.05) is 18.5 Å². The summed E-state index contributed by atoms with van der Waals surface area (Å²) in [6.07, 6.45) is 1.54. The molecule has 2 heterocycles. The minimum atomic E-state index is -0.372. The van der Waals surface area contributed by atoms with Gasteiger partial charge < -0.3 is 9.80 Å². The Balaban J connectivity index is 1.60. The predicted octanol–water partition coefficient (Wildman–Crippen LogP) is 2.62. The predicted molar refractivity (Wildman–Crippen MR) is 98.8 cm³/mol. The van der Waals surface area contributed by atoms with Gasteiger partial charge in [0.05, 0.1) is 5.69 Å². The molecule has 2 aromatic carbocycles. The first kappa shape index (κ1) is 16.6. The molecule has 0 aromatic heterocycles. The van der Waals surface area contributed by atoms with Gasteiger partial charge in [0.2, 0.25) is 5.91 Å². The van der Waals surface area contributed by atoms with Crippen LogP contribution in [0.15, 0.2) is 42.5 Å². The summed E-state index contributed by atoms with van der Waals surface area (Å²) in [6.45, 7) is 2.75. The average Bonchev–Trinajstić information content (AvgIpc) is 3.22. The summed E-state index contributed by atoms with van der Waals surface area (Å²) in [6, 6.07) is 13.0. The SMILES string of the molecule is CCN(C(=O)CN1C(=O)C2CCCN2C1=O)c1cccc2ccccc12. The van der Waals surface area contributed by atoms with E-state index in [0.29, 0.717) is 19.5 Å². The van der Waals surface area contributed by atoms with Gasteiger partial charge in [-0.3, -0.25) is 14.5 Å². The molecule has 0 aliphatic carbocycles. The van der Waals surface area contributed by atoms with Crippen molar-refractivity contribution < 1.29 is 14.4 Å². The fourth-order valence-corrected chi connectivity index (χ4v) is 3.97. The largest absolute Gasteiger partial charge is 0.327 e. The Morgan fingerprint density at radius 3 is 2.69 bits per heavy atom. The second-order valence-corrected chi connectivity index (χ2v) is 6.69. The lowest BCUT2D eigenvalue weighted by molar-refractivity contribution is -0.131. The number of hydrogen-bond donors (Lipinski definition) is 0. The number of nitrogens with zero attached hydrogens (tertiary/aromatic N) is 3. The van der Waals surface area contributed by atoms with Crippen molar-refractivity contribution in [2.45, 2.75) is 25.8 Å². The second-order valence-electron chi connectivity index (χ2n) is 6.69. The normalized spacial score (nSPS) is 19.3. The number of fused-ring (bicyclic) bond motifs is 2. The monoisotopic (exact) mass is 351 g/mol. The van der Waals surface area contributed by atoms with Gasteiger partial charge in [0.25, 0.3) is 5.91 Å². The Kier molecular flexibility index (Phi) is 4.11. The lowest BCUT2D eigenvalue weighted by atomic mass is 10.1. The molecule has 2 aromatic rings. The zero-order valence-electron chi connectivity index (χ0n) is 14.7. The van der Waals surface area contributed by atoms with E-state index in [4.69, 9.17) is 0 Å². The van der Waals surface area contributed by atoms with Gasteiger partial charge in [0.1, 0.15) is 12.6 Å². The molecule has 4 amide bonds. The molecule has 2 saturated heterocycles. The van der Waals surface area contributed by atoms with E-state index in [2.05, 4.69) is 0 Å². The zero-order chi connectivity index (χ0) is 18.3. The molecule has 134 valence electrons. The van der Waals surface area contributed by atoms with Gasteiger partial charge in [0.15, 0.2) is 0 Å². The maximum atomic E-state index is 12.9. The molecule has 4 rings (SSSR count). The first-order valence-corrected chi connectivity index (χ1v) is 9.02. The van der Waals surface area contributed by atoms with Gasteiger partial charge in [-0.15, -0.1) is 0 Å². The molecule has 0 saturated carbocycles. The number of amides is 4. The van der Waals surface area contributed by atoms with E-state index in [9.17, 15) is 14.4 Å². The standard InChI is InChI=1S/C20H21N3O3/c1-2-21(16-10-5-8-14-7-3-4-9-15(14)16)18(24)13-23-19(25)17-11-6-12-22(17)20(23)26/h3-5,7-10,17H,2,6,11-13H2,1H3. The summed E-state index contributed by atoms with van der Waals surface area (Å²) in [4.78, 5) is 42.2. The highest BCUT2D eigenvalue weighted by Gasteiger charge is 2.48. The Morgan fingerprint density at radius 2 is 1.92 bits per heavy atom. The number of benzene rings is 2. The van der Waals surface area contributed by atoms with Crippen molar-refractivity contribution in [3.8, 4) is 0 Å². The van der Waals surface area contributed by atoms with E-state index in [1.807, 2.05) is 49.4 Å². The lowest BCUT2D eigenvalue weighted by Gasteiger charge is -2.25. The van der Waals surface area contributed by atoms with E-state index in [-0.39, 0.29) is 30.4 Å². The quantitative estimate of drug-likeness (QED) is 0.796. The van der Waals surface area contributed by atoms with Gasteiger partial charge in [-0.05, 0) is 31.2 Å². The van der Waals surface area contributed by atoms with Crippen LogP contribution in [0.1, 0.15) is 19.8 Å². The third-order valence-electron chi connectivity index (χ3n) is 5.25. The highest BCUT2D eigenvalue weighted by atomic mass is 16.2. The minimum absolute atomic E-state index is 0.207. The van der Waals surface area contributed by atoms with Crippen molar-refractivity contribution in [2.24, 2.45) is 0 Å². The minimum Gasteiger partial charge on any atom is -0.312 e. The Bertz CT molecular complexity index is 868. The molecule has 6 heteroatoms. The Hall–Kier alpha value is -2.89. The maximum absolute atomic E-state index is 12.9. The van der Waals surface area contributed by atoms with Gasteiger partial charge >= 0.3 is 6.03 Å². The first-order valence-electron chi connectivity index (χ1n) is 9.02. The van der Waals surface area contributed by atoms with Crippen molar-refractivity contribution in [2.75, 3.05) is 24.5 Å². The summed E-state index contributed by atoms with van der Waals surface area (Å²) in [5.41, 5.74) is 0.801. The van der Waals surface area contributed by atoms with Crippen LogP contribution in [0, 0.1) is 0 Å². The molecule has 0 N–H and O–H groups in total. The van der Waals surface area contributed by atoms with E-state index in [1.165, 1.54) is 0 Å². The fraction of sp³-hybridized carbons (Fsp3) is 0.350. The van der Waals surface area contributed by atoms with Crippen LogP contribution >= 0.6 is 0 Å². The number of imide groups is 1. The number of hydrogen-bond acceptors (Lipinski definition) is 3. The van der Waals surface area contributed by atoms with Crippen LogP contribution in [0.5, 0.6) is 0 Å². The van der Waals surface area contributed by atoms with Gasteiger partial charge in [-0.25, -0.2) is 4.79 Å². The third-order valence-corrected chi connectivity index (χ3v) is 5.25.